The number of sulfonamides is 1. The molecule has 0 aliphatic carbocycles. The van der Waals surface area contributed by atoms with Gasteiger partial charge in [0.15, 0.2) is 0 Å². The molecular formula is C8H7N5O4S2. The van der Waals surface area contributed by atoms with Gasteiger partial charge in [0.05, 0.1) is 9.82 Å². The van der Waals surface area contributed by atoms with Gasteiger partial charge in [0.1, 0.15) is 0 Å². The Kier molecular flexibility index (Phi) is 3.31. The summed E-state index contributed by atoms with van der Waals surface area (Å²) >= 11 is 0.830. The molecule has 2 aromatic rings. The number of anilines is 2. The Labute approximate surface area is 111 Å². The van der Waals surface area contributed by atoms with Gasteiger partial charge < -0.3 is 5.73 Å². The normalized spacial score (nSPS) is 11.2. The fraction of sp³-hybridized carbons (Fsp3) is 0. The molecule has 0 amide bonds. The number of nitrogen functional groups attached to an aromatic ring is 1. The SMILES string of the molecule is Nc1nc(NS(=O)(=O)c2cccc([N+](=O)[O-])c2)ns1. The molecule has 1 aromatic carbocycles. The molecule has 2 rings (SSSR count). The largest absolute Gasteiger partial charge is 0.374 e. The Morgan fingerprint density at radius 2 is 2.16 bits per heavy atom. The fourth-order valence-corrected chi connectivity index (χ4v) is 2.65. The second-order valence-corrected chi connectivity index (χ2v) is 5.78. The molecule has 0 unspecified atom stereocenters. The molecule has 0 radical (unpaired) electrons. The van der Waals surface area contributed by atoms with Crippen LogP contribution in [0.4, 0.5) is 16.8 Å². The minimum absolute atomic E-state index is 0.108. The molecule has 0 aliphatic heterocycles. The lowest BCUT2D eigenvalue weighted by molar-refractivity contribution is -0.385. The zero-order valence-electron chi connectivity index (χ0n) is 9.18. The lowest BCUT2D eigenvalue weighted by Crippen LogP contribution is -2.14. The molecule has 1 aromatic heterocycles. The molecule has 0 bridgehead atoms. The van der Waals surface area contributed by atoms with E-state index >= 15 is 0 Å². The third kappa shape index (κ3) is 2.95. The predicted octanol–water partition coefficient (Wildman–Crippen LogP) is 0.829. The quantitative estimate of drug-likeness (QED) is 0.629. The summed E-state index contributed by atoms with van der Waals surface area (Å²) in [6.07, 6.45) is 0. The van der Waals surface area contributed by atoms with Crippen LogP contribution in [-0.4, -0.2) is 22.7 Å². The van der Waals surface area contributed by atoms with E-state index in [0.29, 0.717) is 0 Å². The maximum Gasteiger partial charge on any atom is 0.270 e. The van der Waals surface area contributed by atoms with E-state index in [0.717, 1.165) is 17.6 Å². The van der Waals surface area contributed by atoms with Gasteiger partial charge in [0.2, 0.25) is 5.13 Å². The number of rotatable bonds is 4. The highest BCUT2D eigenvalue weighted by molar-refractivity contribution is 7.92. The highest BCUT2D eigenvalue weighted by Gasteiger charge is 2.19. The van der Waals surface area contributed by atoms with E-state index in [1.807, 2.05) is 0 Å². The first-order valence-electron chi connectivity index (χ1n) is 4.75. The Morgan fingerprint density at radius 1 is 1.42 bits per heavy atom. The second kappa shape index (κ2) is 4.78. The van der Waals surface area contributed by atoms with Crippen molar-refractivity contribution in [1.29, 1.82) is 0 Å². The number of hydrogen-bond donors (Lipinski definition) is 2. The molecule has 0 spiro atoms. The van der Waals surface area contributed by atoms with Gasteiger partial charge in [-0.05, 0) is 6.07 Å². The van der Waals surface area contributed by atoms with Crippen molar-refractivity contribution >= 4 is 38.3 Å². The molecule has 100 valence electrons. The molecule has 11 heteroatoms. The first kappa shape index (κ1) is 13.2. The van der Waals surface area contributed by atoms with Crippen molar-refractivity contribution in [3.05, 3.63) is 34.4 Å². The van der Waals surface area contributed by atoms with Gasteiger partial charge in [-0.15, -0.1) is 0 Å². The number of nitro groups is 1. The lowest BCUT2D eigenvalue weighted by atomic mass is 10.3. The van der Waals surface area contributed by atoms with Crippen molar-refractivity contribution in [1.82, 2.24) is 9.36 Å². The van der Waals surface area contributed by atoms with Gasteiger partial charge in [-0.1, -0.05) is 6.07 Å². The summed E-state index contributed by atoms with van der Waals surface area (Å²) in [6.45, 7) is 0. The van der Waals surface area contributed by atoms with Crippen LogP contribution in [0.25, 0.3) is 0 Å². The summed E-state index contributed by atoms with van der Waals surface area (Å²) in [5.74, 6) is -0.172. The number of nitrogens with one attached hydrogen (secondary N) is 1. The maximum atomic E-state index is 11.9. The molecule has 1 heterocycles. The summed E-state index contributed by atoms with van der Waals surface area (Å²) in [4.78, 5) is 13.3. The molecular weight excluding hydrogens is 294 g/mol. The van der Waals surface area contributed by atoms with Crippen LogP contribution >= 0.6 is 11.5 Å². The van der Waals surface area contributed by atoms with Crippen molar-refractivity contribution in [3.8, 4) is 0 Å². The third-order valence-corrected chi connectivity index (χ3v) is 3.87. The minimum atomic E-state index is -3.98. The topological polar surface area (TPSA) is 141 Å². The Balaban J connectivity index is 2.34. The number of nitrogens with two attached hydrogens (primary N) is 1. The number of nitrogens with zero attached hydrogens (tertiary/aromatic N) is 3. The number of aromatic nitrogens is 2. The standard InChI is InChI=1S/C8H7N5O4S2/c9-7-10-8(11-18-7)12-19(16,17)6-3-1-2-5(4-6)13(14)15/h1-4H,(H3,9,10,11,12). The molecule has 0 fully saturated rings. The Bertz CT molecular complexity index is 726. The fourth-order valence-electron chi connectivity index (χ4n) is 1.22. The first-order valence-corrected chi connectivity index (χ1v) is 7.00. The van der Waals surface area contributed by atoms with Gasteiger partial charge in [-0.2, -0.15) is 9.36 Å². The van der Waals surface area contributed by atoms with Gasteiger partial charge in [-0.3, -0.25) is 10.1 Å². The highest BCUT2D eigenvalue weighted by Crippen LogP contribution is 2.20. The van der Waals surface area contributed by atoms with Crippen LogP contribution < -0.4 is 10.5 Å². The molecule has 0 saturated heterocycles. The average molecular weight is 301 g/mol. The molecule has 19 heavy (non-hydrogen) atoms. The van der Waals surface area contributed by atoms with Crippen molar-refractivity contribution in [2.45, 2.75) is 4.90 Å². The van der Waals surface area contributed by atoms with Crippen LogP contribution in [0.2, 0.25) is 0 Å². The van der Waals surface area contributed by atoms with E-state index in [9.17, 15) is 18.5 Å². The van der Waals surface area contributed by atoms with Gasteiger partial charge in [0, 0.05) is 23.7 Å². The van der Waals surface area contributed by atoms with Crippen LogP contribution in [0.1, 0.15) is 0 Å². The second-order valence-electron chi connectivity index (χ2n) is 3.32. The molecule has 9 nitrogen and oxygen atoms in total. The summed E-state index contributed by atoms with van der Waals surface area (Å²) in [5.41, 5.74) is 5.00. The Morgan fingerprint density at radius 3 is 2.74 bits per heavy atom. The van der Waals surface area contributed by atoms with Gasteiger partial charge in [0.25, 0.3) is 21.7 Å². The predicted molar refractivity (Wildman–Crippen MR) is 68.2 cm³/mol. The number of non-ortho nitro benzene ring substituents is 1. The van der Waals surface area contributed by atoms with Crippen LogP contribution in [0.5, 0.6) is 0 Å². The van der Waals surface area contributed by atoms with E-state index in [2.05, 4.69) is 14.1 Å². The summed E-state index contributed by atoms with van der Waals surface area (Å²) < 4.78 is 29.6. The minimum Gasteiger partial charge on any atom is -0.374 e. The lowest BCUT2D eigenvalue weighted by Gasteiger charge is -2.03. The third-order valence-electron chi connectivity index (χ3n) is 2.01. The summed E-state index contributed by atoms with van der Waals surface area (Å²) in [7, 11) is -3.98. The molecule has 3 N–H and O–H groups in total. The summed E-state index contributed by atoms with van der Waals surface area (Å²) in [6, 6.07) is 4.64. The number of benzene rings is 1. The number of hydrogen-bond acceptors (Lipinski definition) is 8. The monoisotopic (exact) mass is 301 g/mol. The van der Waals surface area contributed by atoms with Crippen LogP contribution in [0.3, 0.4) is 0 Å². The zero-order valence-corrected chi connectivity index (χ0v) is 10.8. The molecule has 0 saturated carbocycles. The van der Waals surface area contributed by atoms with Crippen molar-refractivity contribution in [2.75, 3.05) is 10.5 Å². The van der Waals surface area contributed by atoms with E-state index < -0.39 is 14.9 Å². The van der Waals surface area contributed by atoms with Gasteiger partial charge >= 0.3 is 0 Å². The van der Waals surface area contributed by atoms with Crippen LogP contribution in [-0.2, 0) is 10.0 Å². The van der Waals surface area contributed by atoms with Crippen molar-refractivity contribution in [2.24, 2.45) is 0 Å². The van der Waals surface area contributed by atoms with E-state index in [-0.39, 0.29) is 21.7 Å². The molecule has 0 aliphatic rings. The molecule has 0 atom stereocenters. The van der Waals surface area contributed by atoms with Crippen LogP contribution in [0.15, 0.2) is 29.2 Å². The first-order chi connectivity index (χ1) is 8.88. The van der Waals surface area contributed by atoms with Crippen LogP contribution in [0, 0.1) is 10.1 Å². The van der Waals surface area contributed by atoms with Crippen molar-refractivity contribution < 1.29 is 13.3 Å². The van der Waals surface area contributed by atoms with E-state index in [1.54, 1.807) is 0 Å². The zero-order chi connectivity index (χ0) is 14.0. The highest BCUT2D eigenvalue weighted by atomic mass is 32.2. The van der Waals surface area contributed by atoms with E-state index in [4.69, 9.17) is 5.73 Å². The summed E-state index contributed by atoms with van der Waals surface area (Å²) in [5, 5.41) is 10.7. The number of nitro benzene ring substituents is 1. The van der Waals surface area contributed by atoms with Crippen molar-refractivity contribution in [3.63, 3.8) is 0 Å². The maximum absolute atomic E-state index is 11.9. The smallest absolute Gasteiger partial charge is 0.270 e. The average Bonchev–Trinajstić information content (AvgIpc) is 2.74. The van der Waals surface area contributed by atoms with E-state index in [1.165, 1.54) is 18.2 Å². The Hall–Kier alpha value is -2.27. The van der Waals surface area contributed by atoms with Gasteiger partial charge in [-0.25, -0.2) is 13.1 Å².